The Morgan fingerprint density at radius 2 is 2.00 bits per heavy atom. The van der Waals surface area contributed by atoms with Gasteiger partial charge in [0.05, 0.1) is 0 Å². The first-order valence-corrected chi connectivity index (χ1v) is 8.12. The molecule has 92 valence electrons. The number of hydrogen-bond donors (Lipinski definition) is 1. The van der Waals surface area contributed by atoms with Crippen molar-refractivity contribution in [1.29, 1.82) is 0 Å². The SMILES string of the molecule is CSc1cc(O)cc2c1CCSc1ccccc1-2. The fraction of sp³-hybridized carbons (Fsp3) is 0.200. The molecule has 18 heavy (non-hydrogen) atoms. The van der Waals surface area contributed by atoms with Crippen LogP contribution in [0.3, 0.4) is 0 Å². The van der Waals surface area contributed by atoms with Gasteiger partial charge < -0.3 is 5.11 Å². The Kier molecular flexibility index (Phi) is 3.27. The number of thioether (sulfide) groups is 2. The zero-order valence-electron chi connectivity index (χ0n) is 10.1. The lowest BCUT2D eigenvalue weighted by Gasteiger charge is -2.12. The van der Waals surface area contributed by atoms with Crippen LogP contribution in [0.2, 0.25) is 0 Å². The van der Waals surface area contributed by atoms with Gasteiger partial charge in [-0.15, -0.1) is 23.5 Å². The van der Waals surface area contributed by atoms with Crippen molar-refractivity contribution >= 4 is 23.5 Å². The summed E-state index contributed by atoms with van der Waals surface area (Å²) in [6.07, 6.45) is 3.13. The second kappa shape index (κ2) is 4.90. The lowest BCUT2D eigenvalue weighted by molar-refractivity contribution is 0.473. The fourth-order valence-corrected chi connectivity index (χ4v) is 4.12. The zero-order valence-corrected chi connectivity index (χ0v) is 11.8. The molecule has 0 fully saturated rings. The molecule has 1 heterocycles. The Morgan fingerprint density at radius 1 is 1.17 bits per heavy atom. The third-order valence-corrected chi connectivity index (χ3v) is 5.08. The van der Waals surface area contributed by atoms with Crippen LogP contribution in [0.1, 0.15) is 5.56 Å². The van der Waals surface area contributed by atoms with E-state index in [1.807, 2.05) is 23.9 Å². The third kappa shape index (κ3) is 2.02. The van der Waals surface area contributed by atoms with Gasteiger partial charge in [0, 0.05) is 15.5 Å². The summed E-state index contributed by atoms with van der Waals surface area (Å²) in [4.78, 5) is 2.51. The largest absolute Gasteiger partial charge is 0.508 e. The predicted molar refractivity (Wildman–Crippen MR) is 79.8 cm³/mol. The molecule has 3 heteroatoms. The van der Waals surface area contributed by atoms with Crippen LogP contribution >= 0.6 is 23.5 Å². The fourth-order valence-electron chi connectivity index (χ4n) is 2.39. The quantitative estimate of drug-likeness (QED) is 0.777. The van der Waals surface area contributed by atoms with E-state index in [1.54, 1.807) is 11.8 Å². The minimum Gasteiger partial charge on any atom is -0.508 e. The van der Waals surface area contributed by atoms with E-state index in [-0.39, 0.29) is 0 Å². The number of phenols is 1. The van der Waals surface area contributed by atoms with Crippen molar-refractivity contribution in [3.8, 4) is 16.9 Å². The van der Waals surface area contributed by atoms with Crippen molar-refractivity contribution in [3.63, 3.8) is 0 Å². The molecule has 0 unspecified atom stereocenters. The highest BCUT2D eigenvalue weighted by molar-refractivity contribution is 7.99. The summed E-state index contributed by atoms with van der Waals surface area (Å²) < 4.78 is 0. The summed E-state index contributed by atoms with van der Waals surface area (Å²) in [5.74, 6) is 1.46. The Bertz CT molecular complexity index is 593. The Hall–Kier alpha value is -1.06. The van der Waals surface area contributed by atoms with Gasteiger partial charge in [0.2, 0.25) is 0 Å². The first-order valence-electron chi connectivity index (χ1n) is 5.91. The summed E-state index contributed by atoms with van der Waals surface area (Å²) in [6.45, 7) is 0. The van der Waals surface area contributed by atoms with Crippen LogP contribution in [0, 0.1) is 0 Å². The van der Waals surface area contributed by atoms with E-state index in [0.717, 1.165) is 12.2 Å². The van der Waals surface area contributed by atoms with Crippen molar-refractivity contribution in [2.45, 2.75) is 16.2 Å². The van der Waals surface area contributed by atoms with E-state index >= 15 is 0 Å². The van der Waals surface area contributed by atoms with Crippen molar-refractivity contribution in [2.75, 3.05) is 12.0 Å². The molecule has 0 spiro atoms. The molecule has 1 nitrogen and oxygen atoms in total. The van der Waals surface area contributed by atoms with E-state index in [9.17, 15) is 5.11 Å². The van der Waals surface area contributed by atoms with E-state index in [0.29, 0.717) is 5.75 Å². The summed E-state index contributed by atoms with van der Waals surface area (Å²) in [7, 11) is 0. The average molecular weight is 274 g/mol. The average Bonchev–Trinajstić information content (AvgIpc) is 2.57. The minimum absolute atomic E-state index is 0.361. The molecular formula is C15H14OS2. The molecule has 0 saturated carbocycles. The van der Waals surface area contributed by atoms with Crippen LogP contribution in [0.4, 0.5) is 0 Å². The lowest BCUT2D eigenvalue weighted by Crippen LogP contribution is -1.93. The van der Waals surface area contributed by atoms with E-state index in [2.05, 4.69) is 30.5 Å². The molecule has 1 aliphatic rings. The van der Waals surface area contributed by atoms with Gasteiger partial charge in [-0.2, -0.15) is 0 Å². The number of aromatic hydroxyl groups is 1. The maximum absolute atomic E-state index is 9.90. The zero-order chi connectivity index (χ0) is 12.5. The van der Waals surface area contributed by atoms with Crippen molar-refractivity contribution in [1.82, 2.24) is 0 Å². The van der Waals surface area contributed by atoms with Crippen LogP contribution in [0.15, 0.2) is 46.2 Å². The first kappa shape index (κ1) is 12.0. The second-order valence-corrected chi connectivity index (χ2v) is 6.25. The molecule has 1 aliphatic heterocycles. The normalized spacial score (nSPS) is 13.6. The highest BCUT2D eigenvalue weighted by atomic mass is 32.2. The van der Waals surface area contributed by atoms with Crippen LogP contribution in [0.25, 0.3) is 11.1 Å². The standard InChI is InChI=1S/C15H14OS2/c1-17-15-9-10(16)8-13-11-4-2-3-5-14(11)18-7-6-12(13)15/h2-5,8-9,16H,6-7H2,1H3. The highest BCUT2D eigenvalue weighted by Crippen LogP contribution is 2.42. The molecule has 0 amide bonds. The van der Waals surface area contributed by atoms with E-state index in [4.69, 9.17) is 0 Å². The van der Waals surface area contributed by atoms with Crippen LogP contribution in [-0.4, -0.2) is 17.1 Å². The molecular weight excluding hydrogens is 260 g/mol. The molecule has 2 aromatic carbocycles. The van der Waals surface area contributed by atoms with Gasteiger partial charge in [-0.3, -0.25) is 0 Å². The molecule has 0 atom stereocenters. The summed E-state index contributed by atoms with van der Waals surface area (Å²) in [6, 6.07) is 12.2. The Morgan fingerprint density at radius 3 is 2.83 bits per heavy atom. The van der Waals surface area contributed by atoms with Gasteiger partial charge in [-0.1, -0.05) is 18.2 Å². The molecule has 3 rings (SSSR count). The van der Waals surface area contributed by atoms with Crippen LogP contribution in [-0.2, 0) is 6.42 Å². The molecule has 0 bridgehead atoms. The highest BCUT2D eigenvalue weighted by Gasteiger charge is 2.18. The lowest BCUT2D eigenvalue weighted by atomic mass is 9.98. The molecule has 0 saturated heterocycles. The van der Waals surface area contributed by atoms with Gasteiger partial charge in [0.1, 0.15) is 5.75 Å². The number of benzene rings is 2. The Balaban J connectivity index is 2.29. The van der Waals surface area contributed by atoms with Gasteiger partial charge >= 0.3 is 0 Å². The maximum Gasteiger partial charge on any atom is 0.117 e. The molecule has 1 N–H and O–H groups in total. The molecule has 0 aromatic heterocycles. The number of phenolic OH excluding ortho intramolecular Hbond substituents is 1. The topological polar surface area (TPSA) is 20.2 Å². The van der Waals surface area contributed by atoms with Gasteiger partial charge in [-0.25, -0.2) is 0 Å². The van der Waals surface area contributed by atoms with Gasteiger partial charge in [0.15, 0.2) is 0 Å². The smallest absolute Gasteiger partial charge is 0.117 e. The van der Waals surface area contributed by atoms with Crippen molar-refractivity contribution < 1.29 is 5.11 Å². The number of hydrogen-bond acceptors (Lipinski definition) is 3. The minimum atomic E-state index is 0.361. The molecule has 0 aliphatic carbocycles. The number of rotatable bonds is 1. The number of fused-ring (bicyclic) bond motifs is 3. The first-order chi connectivity index (χ1) is 8.79. The van der Waals surface area contributed by atoms with Crippen molar-refractivity contribution in [3.05, 3.63) is 42.0 Å². The van der Waals surface area contributed by atoms with Crippen LogP contribution < -0.4 is 0 Å². The van der Waals surface area contributed by atoms with Gasteiger partial charge in [0.25, 0.3) is 0 Å². The summed E-state index contributed by atoms with van der Waals surface area (Å²) in [5, 5.41) is 9.90. The predicted octanol–water partition coefficient (Wildman–Crippen LogP) is 4.43. The summed E-state index contributed by atoms with van der Waals surface area (Å²) >= 11 is 3.61. The maximum atomic E-state index is 9.90. The molecule has 0 radical (unpaired) electrons. The second-order valence-electron chi connectivity index (χ2n) is 4.27. The van der Waals surface area contributed by atoms with E-state index < -0.39 is 0 Å². The van der Waals surface area contributed by atoms with Crippen LogP contribution in [0.5, 0.6) is 5.75 Å². The van der Waals surface area contributed by atoms with Gasteiger partial charge in [-0.05, 0) is 47.6 Å². The monoisotopic (exact) mass is 274 g/mol. The molecule has 2 aromatic rings. The summed E-state index contributed by atoms with van der Waals surface area (Å²) in [5.41, 5.74) is 3.82. The Labute approximate surface area is 116 Å². The van der Waals surface area contributed by atoms with Crippen molar-refractivity contribution in [2.24, 2.45) is 0 Å². The van der Waals surface area contributed by atoms with E-state index in [1.165, 1.54) is 26.5 Å². The third-order valence-electron chi connectivity index (χ3n) is 3.20.